The SMILES string of the molecule is CCCC(CN)(CCC)C(=O)NCC(C)OC. The van der Waals surface area contributed by atoms with Gasteiger partial charge in [0.15, 0.2) is 0 Å². The van der Waals surface area contributed by atoms with Crippen LogP contribution in [-0.2, 0) is 9.53 Å². The number of methoxy groups -OCH3 is 1. The lowest BCUT2D eigenvalue weighted by Gasteiger charge is -2.31. The second kappa shape index (κ2) is 8.48. The molecule has 1 unspecified atom stereocenters. The highest BCUT2D eigenvalue weighted by molar-refractivity contribution is 5.82. The number of carbonyl (C=O) groups excluding carboxylic acids is 1. The van der Waals surface area contributed by atoms with Gasteiger partial charge in [-0.1, -0.05) is 26.7 Å². The summed E-state index contributed by atoms with van der Waals surface area (Å²) in [6, 6.07) is 0. The van der Waals surface area contributed by atoms with Crippen molar-refractivity contribution in [1.29, 1.82) is 0 Å². The van der Waals surface area contributed by atoms with Gasteiger partial charge in [-0.25, -0.2) is 0 Å². The van der Waals surface area contributed by atoms with E-state index in [0.29, 0.717) is 13.1 Å². The molecule has 0 radical (unpaired) electrons. The molecule has 0 aromatic rings. The van der Waals surface area contributed by atoms with Gasteiger partial charge in [0.1, 0.15) is 0 Å². The van der Waals surface area contributed by atoms with Crippen LogP contribution >= 0.6 is 0 Å². The Balaban J connectivity index is 4.50. The Labute approximate surface area is 105 Å². The van der Waals surface area contributed by atoms with Gasteiger partial charge >= 0.3 is 0 Å². The molecule has 0 bridgehead atoms. The number of hydrogen-bond acceptors (Lipinski definition) is 3. The average molecular weight is 244 g/mol. The first-order chi connectivity index (χ1) is 8.06. The minimum Gasteiger partial charge on any atom is -0.380 e. The smallest absolute Gasteiger partial charge is 0.227 e. The molecular formula is C13H28N2O2. The fraction of sp³-hybridized carbons (Fsp3) is 0.923. The fourth-order valence-corrected chi connectivity index (χ4v) is 2.11. The third-order valence-corrected chi connectivity index (χ3v) is 3.28. The lowest BCUT2D eigenvalue weighted by molar-refractivity contribution is -0.132. The fourth-order valence-electron chi connectivity index (χ4n) is 2.11. The average Bonchev–Trinajstić information content (AvgIpc) is 2.34. The molecule has 4 nitrogen and oxygen atoms in total. The lowest BCUT2D eigenvalue weighted by Crippen LogP contribution is -2.47. The molecule has 0 saturated heterocycles. The second-order valence-corrected chi connectivity index (χ2v) is 4.74. The molecule has 17 heavy (non-hydrogen) atoms. The molecule has 0 aromatic heterocycles. The normalized spacial score (nSPS) is 13.5. The highest BCUT2D eigenvalue weighted by Gasteiger charge is 2.35. The van der Waals surface area contributed by atoms with Crippen molar-refractivity contribution in [3.8, 4) is 0 Å². The van der Waals surface area contributed by atoms with Crippen molar-refractivity contribution >= 4 is 5.91 Å². The largest absolute Gasteiger partial charge is 0.380 e. The molecular weight excluding hydrogens is 216 g/mol. The quantitative estimate of drug-likeness (QED) is 0.648. The number of carbonyl (C=O) groups is 1. The van der Waals surface area contributed by atoms with Crippen molar-refractivity contribution in [2.75, 3.05) is 20.2 Å². The van der Waals surface area contributed by atoms with E-state index in [0.717, 1.165) is 25.7 Å². The van der Waals surface area contributed by atoms with E-state index in [9.17, 15) is 4.79 Å². The van der Waals surface area contributed by atoms with Gasteiger partial charge in [-0.2, -0.15) is 0 Å². The summed E-state index contributed by atoms with van der Waals surface area (Å²) in [5.74, 6) is 0.0765. The number of nitrogens with two attached hydrogens (primary N) is 1. The Morgan fingerprint density at radius 1 is 1.35 bits per heavy atom. The second-order valence-electron chi connectivity index (χ2n) is 4.74. The third kappa shape index (κ3) is 5.04. The Bertz CT molecular complexity index is 213. The molecule has 0 fully saturated rings. The maximum atomic E-state index is 12.2. The van der Waals surface area contributed by atoms with Crippen LogP contribution in [0.1, 0.15) is 46.5 Å². The predicted molar refractivity (Wildman–Crippen MR) is 70.8 cm³/mol. The van der Waals surface area contributed by atoms with Gasteiger partial charge < -0.3 is 15.8 Å². The van der Waals surface area contributed by atoms with Crippen LogP contribution < -0.4 is 11.1 Å². The Morgan fingerprint density at radius 2 is 1.88 bits per heavy atom. The van der Waals surface area contributed by atoms with Gasteiger partial charge in [-0.05, 0) is 19.8 Å². The molecule has 0 aliphatic rings. The standard InChI is InChI=1S/C13H28N2O2/c1-5-7-13(10-14,8-6-2)12(16)15-9-11(3)17-4/h11H,5-10,14H2,1-4H3,(H,15,16). The van der Waals surface area contributed by atoms with Crippen molar-refractivity contribution in [3.63, 3.8) is 0 Å². The van der Waals surface area contributed by atoms with E-state index in [2.05, 4.69) is 19.2 Å². The molecule has 1 atom stereocenters. The number of rotatable bonds is 9. The molecule has 102 valence electrons. The summed E-state index contributed by atoms with van der Waals surface area (Å²) < 4.78 is 5.12. The highest BCUT2D eigenvalue weighted by atomic mass is 16.5. The van der Waals surface area contributed by atoms with Crippen LogP contribution in [0.15, 0.2) is 0 Å². The van der Waals surface area contributed by atoms with Gasteiger partial charge in [0.2, 0.25) is 5.91 Å². The van der Waals surface area contributed by atoms with E-state index in [1.807, 2.05) is 6.92 Å². The van der Waals surface area contributed by atoms with Crippen LogP contribution in [0.2, 0.25) is 0 Å². The predicted octanol–water partition coefficient (Wildman–Crippen LogP) is 1.68. The molecule has 0 rings (SSSR count). The first-order valence-corrected chi connectivity index (χ1v) is 6.57. The summed E-state index contributed by atoms with van der Waals surface area (Å²) >= 11 is 0. The van der Waals surface area contributed by atoms with Gasteiger partial charge in [0.05, 0.1) is 11.5 Å². The Morgan fingerprint density at radius 3 is 2.24 bits per heavy atom. The van der Waals surface area contributed by atoms with Crippen molar-refractivity contribution in [2.45, 2.75) is 52.6 Å². The summed E-state index contributed by atoms with van der Waals surface area (Å²) in [4.78, 5) is 12.2. The molecule has 0 aliphatic carbocycles. The molecule has 1 amide bonds. The zero-order valence-corrected chi connectivity index (χ0v) is 11.7. The van der Waals surface area contributed by atoms with Crippen molar-refractivity contribution < 1.29 is 9.53 Å². The van der Waals surface area contributed by atoms with Crippen LogP contribution in [0.3, 0.4) is 0 Å². The lowest BCUT2D eigenvalue weighted by atomic mass is 9.78. The Kier molecular flexibility index (Phi) is 8.17. The first kappa shape index (κ1) is 16.4. The van der Waals surface area contributed by atoms with Gasteiger partial charge in [0, 0.05) is 20.2 Å². The summed E-state index contributed by atoms with van der Waals surface area (Å²) in [7, 11) is 1.64. The summed E-state index contributed by atoms with van der Waals surface area (Å²) in [5.41, 5.74) is 5.44. The molecule has 0 aliphatic heterocycles. The molecule has 0 spiro atoms. The topological polar surface area (TPSA) is 64.4 Å². The van der Waals surface area contributed by atoms with E-state index in [4.69, 9.17) is 10.5 Å². The maximum Gasteiger partial charge on any atom is 0.227 e. The van der Waals surface area contributed by atoms with E-state index < -0.39 is 5.41 Å². The van der Waals surface area contributed by atoms with E-state index in [1.165, 1.54) is 0 Å². The van der Waals surface area contributed by atoms with E-state index >= 15 is 0 Å². The number of nitrogens with one attached hydrogen (secondary N) is 1. The molecule has 4 heteroatoms. The van der Waals surface area contributed by atoms with E-state index in [1.54, 1.807) is 7.11 Å². The van der Waals surface area contributed by atoms with Crippen LogP contribution in [0.5, 0.6) is 0 Å². The zero-order chi connectivity index (χ0) is 13.3. The monoisotopic (exact) mass is 244 g/mol. The summed E-state index contributed by atoms with van der Waals surface area (Å²) in [6.07, 6.45) is 3.70. The minimum absolute atomic E-state index is 0.0395. The molecule has 3 N–H and O–H groups in total. The van der Waals surface area contributed by atoms with Crippen molar-refractivity contribution in [2.24, 2.45) is 11.1 Å². The minimum atomic E-state index is -0.392. The van der Waals surface area contributed by atoms with Gasteiger partial charge in [-0.3, -0.25) is 4.79 Å². The highest BCUT2D eigenvalue weighted by Crippen LogP contribution is 2.28. The van der Waals surface area contributed by atoms with Crippen molar-refractivity contribution in [1.82, 2.24) is 5.32 Å². The van der Waals surface area contributed by atoms with Crippen molar-refractivity contribution in [3.05, 3.63) is 0 Å². The maximum absolute atomic E-state index is 12.2. The van der Waals surface area contributed by atoms with Crippen LogP contribution in [0, 0.1) is 5.41 Å². The summed E-state index contributed by atoms with van der Waals surface area (Å²) in [6.45, 7) is 7.08. The summed E-state index contributed by atoms with van der Waals surface area (Å²) in [5, 5.41) is 2.95. The molecule has 0 aromatic carbocycles. The molecule has 0 heterocycles. The molecule has 0 saturated carbocycles. The third-order valence-electron chi connectivity index (χ3n) is 3.28. The zero-order valence-electron chi connectivity index (χ0n) is 11.7. The van der Waals surface area contributed by atoms with Crippen LogP contribution in [0.4, 0.5) is 0 Å². The van der Waals surface area contributed by atoms with E-state index in [-0.39, 0.29) is 12.0 Å². The van der Waals surface area contributed by atoms with Gasteiger partial charge in [0.25, 0.3) is 0 Å². The number of ether oxygens (including phenoxy) is 1. The van der Waals surface area contributed by atoms with Crippen LogP contribution in [0.25, 0.3) is 0 Å². The van der Waals surface area contributed by atoms with Gasteiger partial charge in [-0.15, -0.1) is 0 Å². The number of hydrogen-bond donors (Lipinski definition) is 2. The number of amides is 1. The van der Waals surface area contributed by atoms with Crippen LogP contribution in [-0.4, -0.2) is 32.2 Å². The Hall–Kier alpha value is -0.610. The first-order valence-electron chi connectivity index (χ1n) is 6.57.